The van der Waals surface area contributed by atoms with Gasteiger partial charge in [-0.1, -0.05) is 0 Å². The van der Waals surface area contributed by atoms with Crippen molar-refractivity contribution in [3.05, 3.63) is 29.5 Å². The molecular formula is C11H9N3O3. The number of nitrogens with zero attached hydrogens (tertiary/aromatic N) is 2. The van der Waals surface area contributed by atoms with Crippen LogP contribution in [0.5, 0.6) is 0 Å². The molecule has 1 aromatic heterocycles. The molecule has 0 spiro atoms. The maximum Gasteiger partial charge on any atom is 0.291 e. The number of benzene rings is 1. The minimum Gasteiger partial charge on any atom is -0.363 e. The molecule has 6 heteroatoms. The first-order valence-corrected chi connectivity index (χ1v) is 4.80. The molecule has 2 rings (SSSR count). The predicted molar refractivity (Wildman–Crippen MR) is 59.6 cm³/mol. The van der Waals surface area contributed by atoms with Gasteiger partial charge in [0, 0.05) is 18.0 Å². The molecule has 0 bridgehead atoms. The van der Waals surface area contributed by atoms with E-state index in [1.54, 1.807) is 12.1 Å². The van der Waals surface area contributed by atoms with E-state index >= 15 is 0 Å². The van der Waals surface area contributed by atoms with Gasteiger partial charge < -0.3 is 5.73 Å². The van der Waals surface area contributed by atoms with Crippen LogP contribution in [0.2, 0.25) is 0 Å². The Bertz CT molecular complexity index is 643. The van der Waals surface area contributed by atoms with Gasteiger partial charge in [-0.15, -0.1) is 0 Å². The van der Waals surface area contributed by atoms with E-state index in [1.807, 2.05) is 0 Å². The van der Waals surface area contributed by atoms with Crippen LogP contribution in [-0.4, -0.2) is 27.8 Å². The van der Waals surface area contributed by atoms with Gasteiger partial charge in [0.15, 0.2) is 0 Å². The first kappa shape index (κ1) is 11.0. The Kier molecular flexibility index (Phi) is 2.47. The number of aromatic nitrogens is 2. The number of aldehydes is 1. The lowest BCUT2D eigenvalue weighted by Gasteiger charge is -1.98. The standard InChI is InChI=1S/C11H9N3O3/c1-14-9(10(16)11(12)17)7-4-6(5-15)2-3-8(7)13-14/h2-5H,1H3,(H2,12,17). The van der Waals surface area contributed by atoms with Crippen LogP contribution in [0, 0.1) is 0 Å². The van der Waals surface area contributed by atoms with E-state index in [1.165, 1.54) is 17.8 Å². The molecule has 0 radical (unpaired) electrons. The van der Waals surface area contributed by atoms with Crippen LogP contribution in [0.1, 0.15) is 20.8 Å². The fourth-order valence-corrected chi connectivity index (χ4v) is 1.68. The van der Waals surface area contributed by atoms with E-state index in [4.69, 9.17) is 5.73 Å². The smallest absolute Gasteiger partial charge is 0.291 e. The van der Waals surface area contributed by atoms with Crippen molar-refractivity contribution < 1.29 is 14.4 Å². The number of carbonyl (C=O) groups excluding carboxylic acids is 3. The number of rotatable bonds is 3. The Morgan fingerprint density at radius 3 is 2.71 bits per heavy atom. The van der Waals surface area contributed by atoms with Crippen molar-refractivity contribution in [1.29, 1.82) is 0 Å². The van der Waals surface area contributed by atoms with Crippen molar-refractivity contribution in [3.63, 3.8) is 0 Å². The average molecular weight is 231 g/mol. The molecule has 86 valence electrons. The highest BCUT2D eigenvalue weighted by Gasteiger charge is 2.21. The van der Waals surface area contributed by atoms with Crippen LogP contribution < -0.4 is 5.73 Å². The Hall–Kier alpha value is -2.50. The minimum absolute atomic E-state index is 0.0937. The van der Waals surface area contributed by atoms with E-state index in [9.17, 15) is 14.4 Å². The third-order valence-electron chi connectivity index (χ3n) is 2.43. The number of ketones is 1. The molecule has 0 atom stereocenters. The second-order valence-electron chi connectivity index (χ2n) is 3.56. The summed E-state index contributed by atoms with van der Waals surface area (Å²) in [7, 11) is 1.54. The van der Waals surface area contributed by atoms with Gasteiger partial charge in [-0.05, 0) is 18.2 Å². The summed E-state index contributed by atoms with van der Waals surface area (Å²) in [4.78, 5) is 33.2. The molecule has 1 amide bonds. The maximum absolute atomic E-state index is 11.6. The maximum atomic E-state index is 11.6. The first-order valence-electron chi connectivity index (χ1n) is 4.80. The summed E-state index contributed by atoms with van der Waals surface area (Å²) in [6, 6.07) is 4.70. The van der Waals surface area contributed by atoms with Gasteiger partial charge in [-0.25, -0.2) is 0 Å². The van der Waals surface area contributed by atoms with Crippen LogP contribution in [0.4, 0.5) is 0 Å². The SMILES string of the molecule is Cn1nc2ccc(C=O)cc2c1C(=O)C(N)=O. The van der Waals surface area contributed by atoms with Crippen LogP contribution in [0.3, 0.4) is 0 Å². The summed E-state index contributed by atoms with van der Waals surface area (Å²) < 4.78 is 1.28. The van der Waals surface area contributed by atoms with E-state index in [0.717, 1.165) is 0 Å². The largest absolute Gasteiger partial charge is 0.363 e. The fraction of sp³-hybridized carbons (Fsp3) is 0.0909. The van der Waals surface area contributed by atoms with Gasteiger partial charge >= 0.3 is 0 Å². The summed E-state index contributed by atoms with van der Waals surface area (Å²) in [6.45, 7) is 0. The van der Waals surface area contributed by atoms with E-state index < -0.39 is 11.7 Å². The zero-order valence-corrected chi connectivity index (χ0v) is 9.01. The van der Waals surface area contributed by atoms with Crippen LogP contribution in [0.15, 0.2) is 18.2 Å². The van der Waals surface area contributed by atoms with Crippen LogP contribution in [0.25, 0.3) is 10.9 Å². The van der Waals surface area contributed by atoms with Crippen LogP contribution in [-0.2, 0) is 11.8 Å². The van der Waals surface area contributed by atoms with E-state index in [0.29, 0.717) is 22.8 Å². The highest BCUT2D eigenvalue weighted by atomic mass is 16.2. The zero-order chi connectivity index (χ0) is 12.6. The normalized spacial score (nSPS) is 10.4. The molecule has 1 heterocycles. The minimum atomic E-state index is -1.05. The number of hydrogen-bond donors (Lipinski definition) is 1. The molecule has 0 saturated carbocycles. The molecule has 2 N–H and O–H groups in total. The number of nitrogens with two attached hydrogens (primary N) is 1. The molecule has 0 unspecified atom stereocenters. The molecule has 0 aliphatic heterocycles. The number of hydrogen-bond acceptors (Lipinski definition) is 4. The van der Waals surface area contributed by atoms with Crippen molar-refractivity contribution in [2.24, 2.45) is 12.8 Å². The summed E-state index contributed by atoms with van der Waals surface area (Å²) >= 11 is 0. The Morgan fingerprint density at radius 1 is 1.41 bits per heavy atom. The number of amides is 1. The van der Waals surface area contributed by atoms with Crippen molar-refractivity contribution in [1.82, 2.24) is 9.78 Å². The first-order chi connectivity index (χ1) is 8.04. The summed E-state index contributed by atoms with van der Waals surface area (Å²) in [6.07, 6.45) is 0.658. The number of carbonyl (C=O) groups is 3. The molecule has 6 nitrogen and oxygen atoms in total. The van der Waals surface area contributed by atoms with E-state index in [-0.39, 0.29) is 5.69 Å². The third-order valence-corrected chi connectivity index (χ3v) is 2.43. The molecule has 1 aromatic carbocycles. The van der Waals surface area contributed by atoms with Gasteiger partial charge in [-0.2, -0.15) is 5.10 Å². The number of aryl methyl sites for hydroxylation is 1. The van der Waals surface area contributed by atoms with E-state index in [2.05, 4.69) is 5.10 Å². The third kappa shape index (κ3) is 1.69. The quantitative estimate of drug-likeness (QED) is 0.458. The highest BCUT2D eigenvalue weighted by Crippen LogP contribution is 2.19. The average Bonchev–Trinajstić information content (AvgIpc) is 2.62. The molecule has 0 aliphatic carbocycles. The lowest BCUT2D eigenvalue weighted by molar-refractivity contribution is -0.114. The Balaban J connectivity index is 2.76. The summed E-state index contributed by atoms with van der Waals surface area (Å²) in [5.41, 5.74) is 5.99. The lowest BCUT2D eigenvalue weighted by atomic mass is 10.1. The lowest BCUT2D eigenvalue weighted by Crippen LogP contribution is -2.25. The molecule has 0 saturated heterocycles. The van der Waals surface area contributed by atoms with Gasteiger partial charge in [0.25, 0.3) is 11.7 Å². The predicted octanol–water partition coefficient (Wildman–Crippen LogP) is 0.0538. The number of primary amides is 1. The molecule has 0 fully saturated rings. The monoisotopic (exact) mass is 231 g/mol. The molecule has 17 heavy (non-hydrogen) atoms. The fourth-order valence-electron chi connectivity index (χ4n) is 1.68. The molecule has 2 aromatic rings. The van der Waals surface area contributed by atoms with Gasteiger partial charge in [-0.3, -0.25) is 19.1 Å². The van der Waals surface area contributed by atoms with Crippen molar-refractivity contribution >= 4 is 28.9 Å². The van der Waals surface area contributed by atoms with Crippen molar-refractivity contribution in [2.75, 3.05) is 0 Å². The second-order valence-corrected chi connectivity index (χ2v) is 3.56. The zero-order valence-electron chi connectivity index (χ0n) is 9.01. The second kappa shape index (κ2) is 3.82. The topological polar surface area (TPSA) is 95.1 Å². The number of Topliss-reactive ketones (excluding diaryl/α,β-unsaturated/α-hetero) is 1. The number of fused-ring (bicyclic) bond motifs is 1. The van der Waals surface area contributed by atoms with Gasteiger partial charge in [0.2, 0.25) is 0 Å². The van der Waals surface area contributed by atoms with Gasteiger partial charge in [0.1, 0.15) is 12.0 Å². The molecule has 0 aliphatic rings. The van der Waals surface area contributed by atoms with Crippen LogP contribution >= 0.6 is 0 Å². The summed E-state index contributed by atoms with van der Waals surface area (Å²) in [5, 5.41) is 4.51. The molecular weight excluding hydrogens is 222 g/mol. The Labute approximate surface area is 96.0 Å². The van der Waals surface area contributed by atoms with Gasteiger partial charge in [0.05, 0.1) is 5.52 Å². The van der Waals surface area contributed by atoms with Crippen molar-refractivity contribution in [2.45, 2.75) is 0 Å². The summed E-state index contributed by atoms with van der Waals surface area (Å²) in [5.74, 6) is -1.87. The Morgan fingerprint density at radius 2 is 2.12 bits per heavy atom. The van der Waals surface area contributed by atoms with Crippen molar-refractivity contribution in [3.8, 4) is 0 Å². The highest BCUT2D eigenvalue weighted by molar-refractivity contribution is 6.43.